The maximum Gasteiger partial charge on any atom is 0.129 e. The van der Waals surface area contributed by atoms with E-state index in [1.165, 1.54) is 12.1 Å². The minimum atomic E-state index is -1.11. The summed E-state index contributed by atoms with van der Waals surface area (Å²) in [6.07, 6.45) is 0. The van der Waals surface area contributed by atoms with E-state index in [2.05, 4.69) is 6.07 Å². The Morgan fingerprint density at radius 3 is 2.55 bits per heavy atom. The highest BCUT2D eigenvalue weighted by molar-refractivity contribution is 5.21. The lowest BCUT2D eigenvalue weighted by Crippen LogP contribution is -2.17. The monoisotopic (exact) mass is 153 g/mol. The van der Waals surface area contributed by atoms with Crippen molar-refractivity contribution < 1.29 is 9.50 Å². The average Bonchev–Trinajstić information content (AvgIpc) is 1.86. The van der Waals surface area contributed by atoms with Crippen molar-refractivity contribution in [3.8, 4) is 0 Å². The Morgan fingerprint density at radius 2 is 2.18 bits per heavy atom. The van der Waals surface area contributed by atoms with Crippen molar-refractivity contribution >= 4 is 0 Å². The lowest BCUT2D eigenvalue weighted by Gasteiger charge is -2.17. The van der Waals surface area contributed by atoms with Crippen LogP contribution in [0.25, 0.3) is 0 Å². The molecule has 0 saturated heterocycles. The molecule has 0 amide bonds. The van der Waals surface area contributed by atoms with E-state index < -0.39 is 11.4 Å². The van der Waals surface area contributed by atoms with Crippen LogP contribution in [0.2, 0.25) is 0 Å². The van der Waals surface area contributed by atoms with Gasteiger partial charge in [0.15, 0.2) is 0 Å². The lowest BCUT2D eigenvalue weighted by atomic mass is 9.98. The van der Waals surface area contributed by atoms with Gasteiger partial charge in [-0.15, -0.1) is 0 Å². The molecular formula is C9H10FO. The maximum absolute atomic E-state index is 12.9. The summed E-state index contributed by atoms with van der Waals surface area (Å²) in [5.74, 6) is -0.417. The molecule has 1 nitrogen and oxygen atoms in total. The van der Waals surface area contributed by atoms with Gasteiger partial charge in [0.25, 0.3) is 0 Å². The van der Waals surface area contributed by atoms with E-state index in [1.54, 1.807) is 19.9 Å². The summed E-state index contributed by atoms with van der Waals surface area (Å²) in [6, 6.07) is 6.91. The van der Waals surface area contributed by atoms with Gasteiger partial charge in [0, 0.05) is 5.56 Å². The van der Waals surface area contributed by atoms with Gasteiger partial charge in [0.05, 0.1) is 5.60 Å². The fourth-order valence-electron chi connectivity index (χ4n) is 0.906. The van der Waals surface area contributed by atoms with Crippen molar-refractivity contribution in [1.82, 2.24) is 0 Å². The third-order valence-electron chi connectivity index (χ3n) is 1.47. The lowest BCUT2D eigenvalue weighted by molar-refractivity contribution is 0.0745. The number of halogens is 1. The van der Waals surface area contributed by atoms with Crippen molar-refractivity contribution in [2.45, 2.75) is 19.4 Å². The molecule has 1 N–H and O–H groups in total. The fraction of sp³-hybridized carbons (Fsp3) is 0.333. The van der Waals surface area contributed by atoms with Crippen molar-refractivity contribution in [3.63, 3.8) is 0 Å². The van der Waals surface area contributed by atoms with Crippen LogP contribution in [0.4, 0.5) is 4.39 Å². The van der Waals surface area contributed by atoms with Crippen molar-refractivity contribution in [1.29, 1.82) is 0 Å². The zero-order valence-corrected chi connectivity index (χ0v) is 6.56. The standard InChI is InChI=1S/C9H10FO/c1-9(2,11)7-5-3-4-6-8(7)10/h3,5-6,11H,1-2H3. The molecule has 0 fully saturated rings. The molecule has 0 unspecified atom stereocenters. The molecule has 0 saturated carbocycles. The molecule has 2 heteroatoms. The predicted molar refractivity (Wildman–Crippen MR) is 40.5 cm³/mol. The molecule has 0 aliphatic heterocycles. The number of rotatable bonds is 1. The zero-order valence-electron chi connectivity index (χ0n) is 6.56. The smallest absolute Gasteiger partial charge is 0.129 e. The fourth-order valence-corrected chi connectivity index (χ4v) is 0.906. The molecule has 0 aliphatic carbocycles. The van der Waals surface area contributed by atoms with Crippen LogP contribution in [-0.2, 0) is 5.60 Å². The van der Waals surface area contributed by atoms with Gasteiger partial charge < -0.3 is 5.11 Å². The van der Waals surface area contributed by atoms with Gasteiger partial charge in [0.2, 0.25) is 0 Å². The second kappa shape index (κ2) is 2.62. The maximum atomic E-state index is 12.9. The molecule has 1 rings (SSSR count). The third kappa shape index (κ3) is 1.77. The van der Waals surface area contributed by atoms with E-state index in [0.717, 1.165) is 0 Å². The molecule has 1 aromatic carbocycles. The summed E-state index contributed by atoms with van der Waals surface area (Å²) < 4.78 is 12.9. The Kier molecular flexibility index (Phi) is 1.96. The molecule has 0 bridgehead atoms. The van der Waals surface area contributed by atoms with E-state index in [-0.39, 0.29) is 0 Å². The Morgan fingerprint density at radius 1 is 1.55 bits per heavy atom. The summed E-state index contributed by atoms with van der Waals surface area (Å²) in [5.41, 5.74) is -0.810. The minimum absolute atomic E-state index is 0.302. The summed E-state index contributed by atoms with van der Waals surface area (Å²) in [5, 5.41) is 9.42. The van der Waals surface area contributed by atoms with Crippen LogP contribution < -0.4 is 0 Å². The normalized spacial score (nSPS) is 11.6. The van der Waals surface area contributed by atoms with E-state index in [0.29, 0.717) is 5.56 Å². The minimum Gasteiger partial charge on any atom is -0.386 e. The number of aliphatic hydroxyl groups is 1. The predicted octanol–water partition coefficient (Wildman–Crippen LogP) is 1.85. The molecule has 0 spiro atoms. The molecular weight excluding hydrogens is 143 g/mol. The second-order valence-electron chi connectivity index (χ2n) is 2.96. The van der Waals surface area contributed by atoms with E-state index >= 15 is 0 Å². The summed E-state index contributed by atoms with van der Waals surface area (Å²) in [7, 11) is 0. The molecule has 0 aliphatic rings. The van der Waals surface area contributed by atoms with Crippen LogP contribution in [0.5, 0.6) is 0 Å². The quantitative estimate of drug-likeness (QED) is 0.652. The largest absolute Gasteiger partial charge is 0.386 e. The molecule has 59 valence electrons. The van der Waals surface area contributed by atoms with Gasteiger partial charge in [-0.2, -0.15) is 0 Å². The molecule has 0 atom stereocenters. The first kappa shape index (κ1) is 8.21. The van der Waals surface area contributed by atoms with E-state index in [4.69, 9.17) is 0 Å². The van der Waals surface area contributed by atoms with Gasteiger partial charge in [-0.05, 0) is 26.0 Å². The Labute approximate surface area is 65.5 Å². The van der Waals surface area contributed by atoms with Gasteiger partial charge in [-0.1, -0.05) is 12.1 Å². The highest BCUT2D eigenvalue weighted by Crippen LogP contribution is 2.21. The highest BCUT2D eigenvalue weighted by atomic mass is 19.1. The first-order chi connectivity index (χ1) is 5.02. The first-order valence-corrected chi connectivity index (χ1v) is 3.40. The van der Waals surface area contributed by atoms with E-state index in [9.17, 15) is 9.50 Å². The summed E-state index contributed by atoms with van der Waals surface area (Å²) in [6.45, 7) is 3.09. The Bertz CT molecular complexity index is 250. The van der Waals surface area contributed by atoms with Crippen LogP contribution in [0.1, 0.15) is 19.4 Å². The molecule has 1 radical (unpaired) electrons. The zero-order chi connectivity index (χ0) is 8.48. The molecule has 11 heavy (non-hydrogen) atoms. The Hall–Kier alpha value is -0.890. The average molecular weight is 153 g/mol. The first-order valence-electron chi connectivity index (χ1n) is 3.40. The topological polar surface area (TPSA) is 20.2 Å². The molecule has 0 aromatic heterocycles. The van der Waals surface area contributed by atoms with Crippen molar-refractivity contribution in [3.05, 3.63) is 35.6 Å². The van der Waals surface area contributed by atoms with Crippen molar-refractivity contribution in [2.75, 3.05) is 0 Å². The van der Waals surface area contributed by atoms with Gasteiger partial charge in [0.1, 0.15) is 5.82 Å². The SMILES string of the molecule is CC(C)(O)c1cc[c]cc1F. The van der Waals surface area contributed by atoms with Gasteiger partial charge in [-0.25, -0.2) is 4.39 Å². The Balaban J connectivity index is 3.14. The van der Waals surface area contributed by atoms with Crippen LogP contribution in [0, 0.1) is 11.9 Å². The number of hydrogen-bond donors (Lipinski definition) is 1. The molecule has 0 heterocycles. The summed E-state index contributed by atoms with van der Waals surface area (Å²) >= 11 is 0. The number of benzene rings is 1. The van der Waals surface area contributed by atoms with Gasteiger partial charge in [-0.3, -0.25) is 0 Å². The van der Waals surface area contributed by atoms with Crippen molar-refractivity contribution in [2.24, 2.45) is 0 Å². The van der Waals surface area contributed by atoms with Crippen LogP contribution in [0.15, 0.2) is 18.2 Å². The van der Waals surface area contributed by atoms with E-state index in [1.807, 2.05) is 0 Å². The number of hydrogen-bond acceptors (Lipinski definition) is 1. The highest BCUT2D eigenvalue weighted by Gasteiger charge is 2.19. The summed E-state index contributed by atoms with van der Waals surface area (Å²) in [4.78, 5) is 0. The third-order valence-corrected chi connectivity index (χ3v) is 1.47. The second-order valence-corrected chi connectivity index (χ2v) is 2.96. The van der Waals surface area contributed by atoms with Crippen LogP contribution >= 0.6 is 0 Å². The van der Waals surface area contributed by atoms with Gasteiger partial charge >= 0.3 is 0 Å². The molecule has 1 aromatic rings. The van der Waals surface area contributed by atoms with Crippen LogP contribution in [-0.4, -0.2) is 5.11 Å². The van der Waals surface area contributed by atoms with Crippen LogP contribution in [0.3, 0.4) is 0 Å².